The van der Waals surface area contributed by atoms with Crippen LogP contribution in [0.3, 0.4) is 0 Å². The molecule has 3 fully saturated rings. The van der Waals surface area contributed by atoms with Crippen molar-refractivity contribution < 1.29 is 14.3 Å². The molecule has 170 valence electrons. The van der Waals surface area contributed by atoms with Crippen molar-refractivity contribution in [2.75, 3.05) is 26.7 Å². The van der Waals surface area contributed by atoms with E-state index in [1.54, 1.807) is 0 Å². The van der Waals surface area contributed by atoms with Gasteiger partial charge in [-0.3, -0.25) is 14.5 Å². The van der Waals surface area contributed by atoms with Crippen LogP contribution >= 0.6 is 11.6 Å². The van der Waals surface area contributed by atoms with Crippen LogP contribution in [0, 0.1) is 23.7 Å². The molecule has 3 aliphatic rings. The van der Waals surface area contributed by atoms with Crippen LogP contribution in [0.2, 0.25) is 0 Å². The van der Waals surface area contributed by atoms with Gasteiger partial charge in [-0.05, 0) is 81.4 Å². The number of ether oxygens (including phenoxy) is 1. The minimum atomic E-state index is -0.248. The zero-order valence-electron chi connectivity index (χ0n) is 18.5. The van der Waals surface area contributed by atoms with Gasteiger partial charge in [0.25, 0.3) is 0 Å². The molecule has 0 spiro atoms. The average Bonchev–Trinajstić information content (AvgIpc) is 3.12. The Labute approximate surface area is 190 Å². The second-order valence-corrected chi connectivity index (χ2v) is 10.3. The van der Waals surface area contributed by atoms with E-state index in [0.717, 1.165) is 58.0 Å². The van der Waals surface area contributed by atoms with Gasteiger partial charge >= 0.3 is 5.97 Å². The molecule has 1 N–H and O–H groups in total. The second kappa shape index (κ2) is 10.4. The van der Waals surface area contributed by atoms with E-state index in [-0.39, 0.29) is 35.1 Å². The first-order valence-corrected chi connectivity index (χ1v) is 12.2. The van der Waals surface area contributed by atoms with Crippen molar-refractivity contribution in [2.45, 2.75) is 56.4 Å². The Balaban J connectivity index is 1.29. The fraction of sp³-hybridized carbons (Fsp3) is 0.680. The molecule has 0 aromatic heterocycles. The number of rotatable bonds is 6. The molecule has 31 heavy (non-hydrogen) atoms. The smallest absolute Gasteiger partial charge is 0.310 e. The first-order chi connectivity index (χ1) is 15.0. The number of nitrogens with zero attached hydrogens (tertiary/aromatic N) is 1. The van der Waals surface area contributed by atoms with Gasteiger partial charge in [0.15, 0.2) is 0 Å². The molecule has 2 saturated carbocycles. The van der Waals surface area contributed by atoms with E-state index in [1.807, 2.05) is 0 Å². The number of likely N-dealkylation sites (tertiary alicyclic amines) is 1. The van der Waals surface area contributed by atoms with Gasteiger partial charge in [-0.25, -0.2) is 0 Å². The summed E-state index contributed by atoms with van der Waals surface area (Å²) in [6.45, 7) is 2.31. The number of methoxy groups -OCH3 is 1. The monoisotopic (exact) mass is 446 g/mol. The molecule has 1 aromatic carbocycles. The first-order valence-electron chi connectivity index (χ1n) is 11.8. The number of piperidine rings is 1. The average molecular weight is 447 g/mol. The summed E-state index contributed by atoms with van der Waals surface area (Å²) in [4.78, 5) is 27.6. The molecule has 1 aromatic rings. The van der Waals surface area contributed by atoms with E-state index >= 15 is 0 Å². The molecule has 6 heteroatoms. The summed E-state index contributed by atoms with van der Waals surface area (Å²) in [6, 6.07) is 10.5. The standard InChI is InChI=1S/C25H35ClN2O3/c1-31-25(30)22-14-19-7-8-20(26)15-21(19)24(22)27-23(29)16-28-11-9-18(10-12-28)13-17-5-3-2-4-6-17/h2-6,18-22,24H,7-16H2,1H3,(H,27,29). The zero-order valence-corrected chi connectivity index (χ0v) is 19.2. The fourth-order valence-corrected chi connectivity index (χ4v) is 6.38. The minimum absolute atomic E-state index is 0.0257. The number of halogens is 1. The first kappa shape index (κ1) is 22.6. The highest BCUT2D eigenvalue weighted by molar-refractivity contribution is 6.20. The lowest BCUT2D eigenvalue weighted by atomic mass is 9.80. The number of amides is 1. The molecule has 1 heterocycles. The van der Waals surface area contributed by atoms with E-state index < -0.39 is 0 Å². The summed E-state index contributed by atoms with van der Waals surface area (Å²) in [7, 11) is 1.44. The van der Waals surface area contributed by atoms with E-state index in [1.165, 1.54) is 12.7 Å². The quantitative estimate of drug-likeness (QED) is 0.535. The normalized spacial score (nSPS) is 31.7. The number of nitrogens with one attached hydrogen (secondary N) is 1. The summed E-state index contributed by atoms with van der Waals surface area (Å²) in [5.74, 6) is 0.996. The van der Waals surface area contributed by atoms with Crippen molar-refractivity contribution in [3.8, 4) is 0 Å². The Morgan fingerprint density at radius 1 is 1.10 bits per heavy atom. The number of carbonyl (C=O) groups is 2. The van der Waals surface area contributed by atoms with Gasteiger partial charge in [-0.1, -0.05) is 30.3 Å². The van der Waals surface area contributed by atoms with Gasteiger partial charge in [-0.2, -0.15) is 0 Å². The molecule has 0 radical (unpaired) electrons. The number of fused-ring (bicyclic) bond motifs is 1. The molecule has 5 nitrogen and oxygen atoms in total. The lowest BCUT2D eigenvalue weighted by Crippen LogP contribution is -2.50. The Bertz CT molecular complexity index is 750. The summed E-state index contributed by atoms with van der Waals surface area (Å²) in [6.07, 6.45) is 7.06. The molecule has 5 unspecified atom stereocenters. The SMILES string of the molecule is COC(=O)C1CC2CCC(Cl)CC2C1NC(=O)CN1CCC(Cc2ccccc2)CC1. The van der Waals surface area contributed by atoms with Crippen molar-refractivity contribution in [1.29, 1.82) is 0 Å². The third kappa shape index (κ3) is 5.61. The maximum atomic E-state index is 12.9. The lowest BCUT2D eigenvalue weighted by Gasteiger charge is -2.34. The van der Waals surface area contributed by atoms with Crippen LogP contribution in [0.25, 0.3) is 0 Å². The maximum Gasteiger partial charge on any atom is 0.310 e. The van der Waals surface area contributed by atoms with Crippen molar-refractivity contribution >= 4 is 23.5 Å². The number of carbonyl (C=O) groups excluding carboxylic acids is 2. The van der Waals surface area contributed by atoms with Crippen molar-refractivity contribution in [2.24, 2.45) is 23.7 Å². The predicted octanol–water partition coefficient (Wildman–Crippen LogP) is 3.64. The van der Waals surface area contributed by atoms with Crippen molar-refractivity contribution in [3.05, 3.63) is 35.9 Å². The molecule has 0 bridgehead atoms. The van der Waals surface area contributed by atoms with Gasteiger partial charge in [0.05, 0.1) is 19.6 Å². The van der Waals surface area contributed by atoms with Gasteiger partial charge in [0.1, 0.15) is 0 Å². The largest absolute Gasteiger partial charge is 0.469 e. The van der Waals surface area contributed by atoms with Crippen LogP contribution in [0.5, 0.6) is 0 Å². The predicted molar refractivity (Wildman–Crippen MR) is 122 cm³/mol. The number of hydrogen-bond donors (Lipinski definition) is 1. The molecule has 1 amide bonds. The van der Waals surface area contributed by atoms with Crippen LogP contribution in [0.15, 0.2) is 30.3 Å². The van der Waals surface area contributed by atoms with Crippen LogP contribution < -0.4 is 5.32 Å². The summed E-state index contributed by atoms with van der Waals surface area (Å²) >= 11 is 6.44. The van der Waals surface area contributed by atoms with Gasteiger partial charge in [-0.15, -0.1) is 11.6 Å². The van der Waals surface area contributed by atoms with E-state index in [9.17, 15) is 9.59 Å². The van der Waals surface area contributed by atoms with Gasteiger partial charge in [0.2, 0.25) is 5.91 Å². The number of esters is 1. The Kier molecular flexibility index (Phi) is 7.55. The summed E-state index contributed by atoms with van der Waals surface area (Å²) in [5.41, 5.74) is 1.40. The van der Waals surface area contributed by atoms with Crippen molar-refractivity contribution in [1.82, 2.24) is 10.2 Å². The molecule has 1 saturated heterocycles. The molecule has 2 aliphatic carbocycles. The van der Waals surface area contributed by atoms with E-state index in [2.05, 4.69) is 40.5 Å². The highest BCUT2D eigenvalue weighted by Crippen LogP contribution is 2.47. The summed E-state index contributed by atoms with van der Waals surface area (Å²) < 4.78 is 5.06. The Hall–Kier alpha value is -1.59. The summed E-state index contributed by atoms with van der Waals surface area (Å²) in [5, 5.41) is 3.36. The van der Waals surface area contributed by atoms with Crippen LogP contribution in [-0.2, 0) is 20.7 Å². The highest BCUT2D eigenvalue weighted by Gasteiger charge is 2.49. The Morgan fingerprint density at radius 2 is 1.84 bits per heavy atom. The van der Waals surface area contributed by atoms with E-state index in [0.29, 0.717) is 18.4 Å². The van der Waals surface area contributed by atoms with E-state index in [4.69, 9.17) is 16.3 Å². The van der Waals surface area contributed by atoms with Crippen LogP contribution in [-0.4, -0.2) is 54.9 Å². The van der Waals surface area contributed by atoms with Crippen LogP contribution in [0.1, 0.15) is 44.1 Å². The maximum absolute atomic E-state index is 12.9. The number of benzene rings is 1. The molecule has 5 atom stereocenters. The number of alkyl halides is 1. The lowest BCUT2D eigenvalue weighted by molar-refractivity contribution is -0.146. The number of hydrogen-bond acceptors (Lipinski definition) is 4. The van der Waals surface area contributed by atoms with Gasteiger partial charge in [0, 0.05) is 11.4 Å². The molecule has 4 rings (SSSR count). The minimum Gasteiger partial charge on any atom is -0.469 e. The van der Waals surface area contributed by atoms with Crippen LogP contribution in [0.4, 0.5) is 0 Å². The molecular formula is C25H35ClN2O3. The third-order valence-electron chi connectivity index (χ3n) is 7.71. The second-order valence-electron chi connectivity index (χ2n) is 9.70. The molecular weight excluding hydrogens is 412 g/mol. The van der Waals surface area contributed by atoms with Crippen molar-refractivity contribution in [3.63, 3.8) is 0 Å². The third-order valence-corrected chi connectivity index (χ3v) is 8.11. The van der Waals surface area contributed by atoms with Gasteiger partial charge < -0.3 is 10.1 Å². The topological polar surface area (TPSA) is 58.6 Å². The highest BCUT2D eigenvalue weighted by atomic mass is 35.5. The Morgan fingerprint density at radius 3 is 2.55 bits per heavy atom. The fourth-order valence-electron chi connectivity index (χ4n) is 6.05. The zero-order chi connectivity index (χ0) is 21.8. The molecule has 1 aliphatic heterocycles.